The van der Waals surface area contributed by atoms with Crippen LogP contribution in [-0.2, 0) is 13.8 Å². The molecule has 0 aliphatic carbocycles. The van der Waals surface area contributed by atoms with Gasteiger partial charge in [0.05, 0.1) is 11.5 Å². The zero-order valence-corrected chi connectivity index (χ0v) is 14.5. The summed E-state index contributed by atoms with van der Waals surface area (Å²) in [5.74, 6) is -0.0140. The lowest BCUT2D eigenvalue weighted by atomic mass is 10.1. The maximum absolute atomic E-state index is 12.2. The summed E-state index contributed by atoms with van der Waals surface area (Å²) in [5, 5.41) is 2.81. The monoisotopic (exact) mass is 395 g/mol. The quantitative estimate of drug-likeness (QED) is 0.794. The van der Waals surface area contributed by atoms with Gasteiger partial charge in [0.15, 0.2) is 0 Å². The SMILES string of the molecule is Cc1c(Br)cc(S(=O)(=O)Cl)cc1C(=O)NCC1CCOC1. The van der Waals surface area contributed by atoms with Crippen LogP contribution in [0.25, 0.3) is 0 Å². The lowest BCUT2D eigenvalue weighted by Crippen LogP contribution is -2.30. The highest BCUT2D eigenvalue weighted by molar-refractivity contribution is 9.10. The van der Waals surface area contributed by atoms with E-state index in [9.17, 15) is 13.2 Å². The zero-order valence-electron chi connectivity index (χ0n) is 11.4. The molecule has 116 valence electrons. The average molecular weight is 397 g/mol. The minimum atomic E-state index is -3.89. The van der Waals surface area contributed by atoms with Gasteiger partial charge < -0.3 is 10.1 Å². The number of ether oxygens (including phenoxy) is 1. The lowest BCUT2D eigenvalue weighted by Gasteiger charge is -2.12. The van der Waals surface area contributed by atoms with Gasteiger partial charge in [-0.05, 0) is 31.0 Å². The van der Waals surface area contributed by atoms with Crippen LogP contribution >= 0.6 is 26.6 Å². The Morgan fingerprint density at radius 2 is 2.24 bits per heavy atom. The van der Waals surface area contributed by atoms with Crippen molar-refractivity contribution in [3.63, 3.8) is 0 Å². The third kappa shape index (κ3) is 4.18. The molecule has 5 nitrogen and oxygen atoms in total. The molecular formula is C13H15BrClNO4S. The van der Waals surface area contributed by atoms with Gasteiger partial charge in [0, 0.05) is 39.8 Å². The highest BCUT2D eigenvalue weighted by Crippen LogP contribution is 2.26. The van der Waals surface area contributed by atoms with Gasteiger partial charge in [-0.3, -0.25) is 4.79 Å². The topological polar surface area (TPSA) is 72.5 Å². The number of halogens is 2. The summed E-state index contributed by atoms with van der Waals surface area (Å²) in [6.45, 7) is 3.60. The Balaban J connectivity index is 2.21. The molecule has 0 bridgehead atoms. The molecule has 0 saturated carbocycles. The Hall–Kier alpha value is -0.630. The van der Waals surface area contributed by atoms with Crippen molar-refractivity contribution in [1.82, 2.24) is 5.32 Å². The van der Waals surface area contributed by atoms with Gasteiger partial charge in [-0.15, -0.1) is 0 Å². The second kappa shape index (κ2) is 6.64. The third-order valence-corrected chi connectivity index (χ3v) is 5.58. The van der Waals surface area contributed by atoms with Crippen molar-refractivity contribution in [2.24, 2.45) is 5.92 Å². The van der Waals surface area contributed by atoms with E-state index in [0.717, 1.165) is 6.42 Å². The van der Waals surface area contributed by atoms with Crippen molar-refractivity contribution in [1.29, 1.82) is 0 Å². The number of carbonyl (C=O) groups is 1. The maximum Gasteiger partial charge on any atom is 0.261 e. The normalized spacial score (nSPS) is 18.7. The van der Waals surface area contributed by atoms with E-state index in [0.29, 0.717) is 41.3 Å². The minimum Gasteiger partial charge on any atom is -0.381 e. The summed E-state index contributed by atoms with van der Waals surface area (Å²) in [5.41, 5.74) is 0.960. The van der Waals surface area contributed by atoms with Gasteiger partial charge in [-0.25, -0.2) is 8.42 Å². The van der Waals surface area contributed by atoms with Crippen molar-refractivity contribution in [3.8, 4) is 0 Å². The Morgan fingerprint density at radius 1 is 1.52 bits per heavy atom. The van der Waals surface area contributed by atoms with Gasteiger partial charge in [0.25, 0.3) is 15.0 Å². The number of rotatable bonds is 4. The molecule has 21 heavy (non-hydrogen) atoms. The summed E-state index contributed by atoms with van der Waals surface area (Å²) in [7, 11) is 1.46. The maximum atomic E-state index is 12.2. The van der Waals surface area contributed by atoms with E-state index < -0.39 is 9.05 Å². The molecule has 0 radical (unpaired) electrons. The van der Waals surface area contributed by atoms with Crippen LogP contribution in [0.1, 0.15) is 22.3 Å². The molecule has 1 aliphatic heterocycles. The van der Waals surface area contributed by atoms with Gasteiger partial charge in [0.2, 0.25) is 0 Å². The summed E-state index contributed by atoms with van der Waals surface area (Å²) < 4.78 is 28.6. The van der Waals surface area contributed by atoms with Gasteiger partial charge in [-0.2, -0.15) is 0 Å². The first-order valence-corrected chi connectivity index (χ1v) is 9.50. The average Bonchev–Trinajstić information content (AvgIpc) is 2.91. The predicted octanol–water partition coefficient (Wildman–Crippen LogP) is 2.45. The van der Waals surface area contributed by atoms with Crippen molar-refractivity contribution in [2.75, 3.05) is 19.8 Å². The van der Waals surface area contributed by atoms with Crippen LogP contribution in [0.2, 0.25) is 0 Å². The number of amides is 1. The predicted molar refractivity (Wildman–Crippen MR) is 83.2 cm³/mol. The number of benzene rings is 1. The van der Waals surface area contributed by atoms with E-state index >= 15 is 0 Å². The molecule has 1 aliphatic rings. The fourth-order valence-electron chi connectivity index (χ4n) is 2.11. The largest absolute Gasteiger partial charge is 0.381 e. The molecule has 1 saturated heterocycles. The van der Waals surface area contributed by atoms with Crippen LogP contribution in [0.5, 0.6) is 0 Å². The van der Waals surface area contributed by atoms with Crippen LogP contribution in [0, 0.1) is 12.8 Å². The molecule has 0 spiro atoms. The summed E-state index contributed by atoms with van der Waals surface area (Å²) in [4.78, 5) is 12.1. The molecule has 8 heteroatoms. The molecule has 1 aromatic carbocycles. The number of hydrogen-bond donors (Lipinski definition) is 1. The number of carbonyl (C=O) groups excluding carboxylic acids is 1. The van der Waals surface area contributed by atoms with Crippen molar-refractivity contribution in [2.45, 2.75) is 18.2 Å². The van der Waals surface area contributed by atoms with Crippen LogP contribution in [0.3, 0.4) is 0 Å². The first-order valence-electron chi connectivity index (χ1n) is 6.40. The third-order valence-electron chi connectivity index (χ3n) is 3.42. The van der Waals surface area contributed by atoms with Crippen molar-refractivity contribution in [3.05, 3.63) is 27.7 Å². The Bertz CT molecular complexity index is 656. The van der Waals surface area contributed by atoms with Gasteiger partial charge in [0.1, 0.15) is 0 Å². The highest BCUT2D eigenvalue weighted by Gasteiger charge is 2.20. The zero-order chi connectivity index (χ0) is 15.6. The Kier molecular flexibility index (Phi) is 5.29. The van der Waals surface area contributed by atoms with E-state index in [1.165, 1.54) is 12.1 Å². The summed E-state index contributed by atoms with van der Waals surface area (Å²) in [6, 6.07) is 2.68. The second-order valence-corrected chi connectivity index (χ2v) is 8.38. The standard InChI is InChI=1S/C13H15BrClNO4S/c1-8-11(4-10(5-12(8)14)21(15,18)19)13(17)16-6-9-2-3-20-7-9/h4-5,9H,2-3,6-7H2,1H3,(H,16,17). The highest BCUT2D eigenvalue weighted by atomic mass is 79.9. The molecule has 0 aromatic heterocycles. The summed E-state index contributed by atoms with van der Waals surface area (Å²) >= 11 is 3.25. The molecular weight excluding hydrogens is 382 g/mol. The summed E-state index contributed by atoms with van der Waals surface area (Å²) in [6.07, 6.45) is 0.916. The van der Waals surface area contributed by atoms with Crippen LogP contribution in [0.15, 0.2) is 21.5 Å². The van der Waals surface area contributed by atoms with Crippen molar-refractivity contribution < 1.29 is 17.9 Å². The van der Waals surface area contributed by atoms with Crippen LogP contribution in [-0.4, -0.2) is 34.1 Å². The molecule has 1 amide bonds. The molecule has 1 fully saturated rings. The fourth-order valence-corrected chi connectivity index (χ4v) is 3.50. The first-order chi connectivity index (χ1) is 9.79. The molecule has 2 rings (SSSR count). The lowest BCUT2D eigenvalue weighted by molar-refractivity contribution is 0.0944. The second-order valence-electron chi connectivity index (χ2n) is 4.96. The number of hydrogen-bond acceptors (Lipinski definition) is 4. The number of nitrogens with one attached hydrogen (secondary N) is 1. The first kappa shape index (κ1) is 16.7. The van der Waals surface area contributed by atoms with Crippen LogP contribution in [0.4, 0.5) is 0 Å². The van der Waals surface area contributed by atoms with E-state index in [1.54, 1.807) is 6.92 Å². The molecule has 1 N–H and O–H groups in total. The molecule has 1 aromatic rings. The smallest absolute Gasteiger partial charge is 0.261 e. The minimum absolute atomic E-state index is 0.101. The van der Waals surface area contributed by atoms with E-state index in [1.807, 2.05) is 0 Å². The van der Waals surface area contributed by atoms with E-state index in [-0.39, 0.29) is 10.8 Å². The van der Waals surface area contributed by atoms with Gasteiger partial charge in [-0.1, -0.05) is 15.9 Å². The van der Waals surface area contributed by atoms with E-state index in [2.05, 4.69) is 21.2 Å². The Morgan fingerprint density at radius 3 is 2.81 bits per heavy atom. The van der Waals surface area contributed by atoms with Crippen molar-refractivity contribution >= 4 is 41.6 Å². The van der Waals surface area contributed by atoms with E-state index in [4.69, 9.17) is 15.4 Å². The van der Waals surface area contributed by atoms with Gasteiger partial charge >= 0.3 is 0 Å². The molecule has 1 heterocycles. The Labute approximate surface area is 136 Å². The fraction of sp³-hybridized carbons (Fsp3) is 0.462. The molecule has 1 unspecified atom stereocenters. The molecule has 1 atom stereocenters. The van der Waals surface area contributed by atoms with Crippen LogP contribution < -0.4 is 5.32 Å².